The molecule has 1 aliphatic rings. The van der Waals surface area contributed by atoms with Crippen LogP contribution in [0.25, 0.3) is 0 Å². The number of nitrogens with one attached hydrogen (secondary N) is 1. The zero-order valence-corrected chi connectivity index (χ0v) is 13.6. The van der Waals surface area contributed by atoms with Gasteiger partial charge in [0.05, 0.1) is 12.6 Å². The van der Waals surface area contributed by atoms with Gasteiger partial charge in [-0.05, 0) is 44.2 Å². The van der Waals surface area contributed by atoms with Gasteiger partial charge in [-0.1, -0.05) is 11.6 Å². The van der Waals surface area contributed by atoms with E-state index >= 15 is 0 Å². The highest BCUT2D eigenvalue weighted by atomic mass is 35.5. The zero-order valence-electron chi connectivity index (χ0n) is 12.9. The number of halogens is 1. The van der Waals surface area contributed by atoms with Crippen molar-refractivity contribution in [1.82, 2.24) is 10.2 Å². The fraction of sp³-hybridized carbons (Fsp3) is 0.562. The van der Waals surface area contributed by atoms with Crippen LogP contribution in [-0.4, -0.2) is 56.8 Å². The quantitative estimate of drug-likeness (QED) is 0.793. The summed E-state index contributed by atoms with van der Waals surface area (Å²) < 4.78 is 11.1. The highest BCUT2D eigenvalue weighted by Gasteiger charge is 2.16. The highest BCUT2D eigenvalue weighted by molar-refractivity contribution is 6.30. The summed E-state index contributed by atoms with van der Waals surface area (Å²) in [5.41, 5.74) is 0. The third-order valence-electron chi connectivity index (χ3n) is 3.52. The number of hydrogen-bond acceptors (Lipinski definition) is 4. The normalized spacial score (nSPS) is 17.7. The average molecular weight is 327 g/mol. The summed E-state index contributed by atoms with van der Waals surface area (Å²) in [5, 5.41) is 3.60. The molecule has 1 unspecified atom stereocenters. The largest absolute Gasteiger partial charge is 0.492 e. The molecule has 1 heterocycles. The van der Waals surface area contributed by atoms with Crippen molar-refractivity contribution in [2.24, 2.45) is 0 Å². The second kappa shape index (κ2) is 8.98. The molecule has 1 aliphatic heterocycles. The molecular weight excluding hydrogens is 304 g/mol. The SMILES string of the molecule is CN(CCOc1ccc(Cl)cc1)CC(=O)NCC1CCCO1. The van der Waals surface area contributed by atoms with Gasteiger partial charge in [-0.3, -0.25) is 9.69 Å². The fourth-order valence-electron chi connectivity index (χ4n) is 2.26. The molecule has 6 heteroatoms. The molecule has 122 valence electrons. The molecule has 1 aromatic rings. The lowest BCUT2D eigenvalue weighted by molar-refractivity contribution is -0.122. The van der Waals surface area contributed by atoms with Gasteiger partial charge >= 0.3 is 0 Å². The van der Waals surface area contributed by atoms with Crippen molar-refractivity contribution in [3.63, 3.8) is 0 Å². The van der Waals surface area contributed by atoms with Crippen LogP contribution in [0.3, 0.4) is 0 Å². The second-order valence-electron chi connectivity index (χ2n) is 5.48. The molecule has 0 spiro atoms. The fourth-order valence-corrected chi connectivity index (χ4v) is 2.39. The van der Waals surface area contributed by atoms with Crippen molar-refractivity contribution in [1.29, 1.82) is 0 Å². The Hall–Kier alpha value is -1.30. The van der Waals surface area contributed by atoms with E-state index in [0.29, 0.717) is 31.3 Å². The standard InChI is InChI=1S/C16H23ClN2O3/c1-19(8-10-22-14-6-4-13(17)5-7-14)12-16(20)18-11-15-3-2-9-21-15/h4-7,15H,2-3,8-12H2,1H3,(H,18,20). The van der Waals surface area contributed by atoms with Crippen LogP contribution in [0.4, 0.5) is 0 Å². The number of carbonyl (C=O) groups is 1. The van der Waals surface area contributed by atoms with E-state index in [-0.39, 0.29) is 12.0 Å². The van der Waals surface area contributed by atoms with E-state index in [2.05, 4.69) is 5.32 Å². The molecule has 1 amide bonds. The Morgan fingerprint density at radius 1 is 1.45 bits per heavy atom. The summed E-state index contributed by atoms with van der Waals surface area (Å²) in [6.45, 7) is 2.97. The number of ether oxygens (including phenoxy) is 2. The molecule has 1 aromatic carbocycles. The third-order valence-corrected chi connectivity index (χ3v) is 3.77. The summed E-state index contributed by atoms with van der Waals surface area (Å²) in [6.07, 6.45) is 2.30. The summed E-state index contributed by atoms with van der Waals surface area (Å²) in [7, 11) is 1.90. The van der Waals surface area contributed by atoms with Gasteiger partial charge in [0.25, 0.3) is 0 Å². The number of likely N-dealkylation sites (N-methyl/N-ethyl adjacent to an activating group) is 1. The predicted octanol–water partition coefficient (Wildman–Crippen LogP) is 1.95. The maximum atomic E-state index is 11.8. The lowest BCUT2D eigenvalue weighted by atomic mass is 10.2. The Labute approximate surface area is 136 Å². The van der Waals surface area contributed by atoms with Gasteiger partial charge in [0.1, 0.15) is 12.4 Å². The molecule has 1 atom stereocenters. The topological polar surface area (TPSA) is 50.8 Å². The summed E-state index contributed by atoms with van der Waals surface area (Å²) >= 11 is 5.81. The van der Waals surface area contributed by atoms with Crippen LogP contribution in [0.5, 0.6) is 5.75 Å². The monoisotopic (exact) mass is 326 g/mol. The minimum Gasteiger partial charge on any atom is -0.492 e. The van der Waals surface area contributed by atoms with Crippen LogP contribution >= 0.6 is 11.6 Å². The van der Waals surface area contributed by atoms with E-state index in [1.54, 1.807) is 12.1 Å². The first kappa shape index (κ1) is 17.1. The smallest absolute Gasteiger partial charge is 0.234 e. The Kier molecular flexibility index (Phi) is 6.96. The average Bonchev–Trinajstić information content (AvgIpc) is 3.00. The van der Waals surface area contributed by atoms with Crippen LogP contribution in [0.15, 0.2) is 24.3 Å². The van der Waals surface area contributed by atoms with E-state index in [0.717, 1.165) is 25.2 Å². The summed E-state index contributed by atoms with van der Waals surface area (Å²) in [4.78, 5) is 13.7. The van der Waals surface area contributed by atoms with Crippen LogP contribution in [-0.2, 0) is 9.53 Å². The van der Waals surface area contributed by atoms with Gasteiger partial charge in [0.2, 0.25) is 5.91 Å². The van der Waals surface area contributed by atoms with Gasteiger partial charge < -0.3 is 14.8 Å². The van der Waals surface area contributed by atoms with E-state index in [9.17, 15) is 4.79 Å². The van der Waals surface area contributed by atoms with E-state index in [4.69, 9.17) is 21.1 Å². The Balaban J connectivity index is 1.57. The molecule has 0 saturated carbocycles. The minimum atomic E-state index is 0.0180. The van der Waals surface area contributed by atoms with Crippen molar-refractivity contribution >= 4 is 17.5 Å². The van der Waals surface area contributed by atoms with Crippen LogP contribution in [0.1, 0.15) is 12.8 Å². The van der Waals surface area contributed by atoms with E-state index in [1.807, 2.05) is 24.1 Å². The van der Waals surface area contributed by atoms with E-state index < -0.39 is 0 Å². The lowest BCUT2D eigenvalue weighted by Crippen LogP contribution is -2.39. The van der Waals surface area contributed by atoms with Gasteiger partial charge in [0, 0.05) is 24.7 Å². The van der Waals surface area contributed by atoms with Crippen molar-refractivity contribution in [3.05, 3.63) is 29.3 Å². The number of hydrogen-bond donors (Lipinski definition) is 1. The lowest BCUT2D eigenvalue weighted by Gasteiger charge is -2.17. The number of carbonyl (C=O) groups excluding carboxylic acids is 1. The van der Waals surface area contributed by atoms with Gasteiger partial charge in [-0.2, -0.15) is 0 Å². The van der Waals surface area contributed by atoms with Crippen molar-refractivity contribution in [3.8, 4) is 5.75 Å². The molecule has 0 aromatic heterocycles. The Morgan fingerprint density at radius 2 is 2.23 bits per heavy atom. The third kappa shape index (κ3) is 6.22. The molecule has 5 nitrogen and oxygen atoms in total. The molecule has 1 saturated heterocycles. The summed E-state index contributed by atoms with van der Waals surface area (Å²) in [5.74, 6) is 0.796. The molecule has 22 heavy (non-hydrogen) atoms. The van der Waals surface area contributed by atoms with Crippen LogP contribution in [0.2, 0.25) is 5.02 Å². The predicted molar refractivity (Wildman–Crippen MR) is 86.4 cm³/mol. The highest BCUT2D eigenvalue weighted by Crippen LogP contribution is 2.15. The molecule has 0 bridgehead atoms. The number of rotatable bonds is 8. The molecule has 1 fully saturated rings. The minimum absolute atomic E-state index is 0.0180. The Bertz CT molecular complexity index is 461. The second-order valence-corrected chi connectivity index (χ2v) is 5.92. The van der Waals surface area contributed by atoms with Crippen LogP contribution in [0, 0.1) is 0 Å². The molecular formula is C16H23ClN2O3. The molecule has 0 aliphatic carbocycles. The Morgan fingerprint density at radius 3 is 2.91 bits per heavy atom. The van der Waals surface area contributed by atoms with Gasteiger partial charge in [-0.25, -0.2) is 0 Å². The maximum Gasteiger partial charge on any atom is 0.234 e. The molecule has 2 rings (SSSR count). The van der Waals surface area contributed by atoms with Crippen molar-refractivity contribution in [2.75, 3.05) is 39.9 Å². The van der Waals surface area contributed by atoms with Gasteiger partial charge in [0.15, 0.2) is 0 Å². The molecule has 0 radical (unpaired) electrons. The first-order chi connectivity index (χ1) is 10.6. The van der Waals surface area contributed by atoms with E-state index in [1.165, 1.54) is 0 Å². The van der Waals surface area contributed by atoms with Crippen molar-refractivity contribution in [2.45, 2.75) is 18.9 Å². The maximum absolute atomic E-state index is 11.8. The summed E-state index contributed by atoms with van der Waals surface area (Å²) in [6, 6.07) is 7.24. The number of benzene rings is 1. The van der Waals surface area contributed by atoms with Gasteiger partial charge in [-0.15, -0.1) is 0 Å². The number of amides is 1. The zero-order chi connectivity index (χ0) is 15.8. The van der Waals surface area contributed by atoms with Crippen molar-refractivity contribution < 1.29 is 14.3 Å². The first-order valence-corrected chi connectivity index (χ1v) is 7.96. The first-order valence-electron chi connectivity index (χ1n) is 7.58. The van der Waals surface area contributed by atoms with Crippen LogP contribution < -0.4 is 10.1 Å². The number of nitrogens with zero attached hydrogens (tertiary/aromatic N) is 1. The molecule has 1 N–H and O–H groups in total.